The fourth-order valence-corrected chi connectivity index (χ4v) is 4.57. The van der Waals surface area contributed by atoms with E-state index in [2.05, 4.69) is 27.7 Å². The van der Waals surface area contributed by atoms with Crippen molar-refractivity contribution in [1.82, 2.24) is 0 Å². The molecule has 4 heteroatoms. The third-order valence-electron chi connectivity index (χ3n) is 6.68. The smallest absolute Gasteiger partial charge is 0.308 e. The van der Waals surface area contributed by atoms with Gasteiger partial charge in [-0.15, -0.1) is 0 Å². The lowest BCUT2D eigenvalue weighted by Gasteiger charge is -2.26. The van der Waals surface area contributed by atoms with Gasteiger partial charge in [0.25, 0.3) is 0 Å². The first-order valence-electron chi connectivity index (χ1n) is 13.7. The van der Waals surface area contributed by atoms with E-state index in [0.29, 0.717) is 19.6 Å². The van der Waals surface area contributed by atoms with Crippen LogP contribution in [0.15, 0.2) is 0 Å². The lowest BCUT2D eigenvalue weighted by atomic mass is 9.81. The largest absolute Gasteiger partial charge is 0.465 e. The maximum absolute atomic E-state index is 12.4. The molecule has 2 atom stereocenters. The van der Waals surface area contributed by atoms with Crippen molar-refractivity contribution in [1.29, 1.82) is 0 Å². The number of carbonyl (C=O) groups is 2. The van der Waals surface area contributed by atoms with E-state index >= 15 is 0 Å². The molecular weight excluding hydrogens is 400 g/mol. The van der Waals surface area contributed by atoms with Gasteiger partial charge in [-0.3, -0.25) is 9.59 Å². The van der Waals surface area contributed by atoms with Crippen molar-refractivity contribution in [3.63, 3.8) is 0 Å². The minimum absolute atomic E-state index is 0.108. The number of esters is 2. The fourth-order valence-electron chi connectivity index (χ4n) is 4.57. The molecular formula is C28H52O4. The van der Waals surface area contributed by atoms with Gasteiger partial charge in [0.2, 0.25) is 0 Å². The first kappa shape index (κ1) is 29.0. The second kappa shape index (κ2) is 18.4. The van der Waals surface area contributed by atoms with Gasteiger partial charge in [0.05, 0.1) is 25.0 Å². The van der Waals surface area contributed by atoms with Gasteiger partial charge in [-0.05, 0) is 43.9 Å². The molecule has 4 nitrogen and oxygen atoms in total. The summed E-state index contributed by atoms with van der Waals surface area (Å²) in [4.78, 5) is 24.9. The van der Waals surface area contributed by atoms with Gasteiger partial charge in [0.15, 0.2) is 0 Å². The second-order valence-electron chi connectivity index (χ2n) is 10.8. The van der Waals surface area contributed by atoms with E-state index in [9.17, 15) is 9.59 Å². The molecule has 0 N–H and O–H groups in total. The molecule has 0 aromatic carbocycles. The van der Waals surface area contributed by atoms with Crippen LogP contribution in [-0.2, 0) is 19.1 Å². The summed E-state index contributed by atoms with van der Waals surface area (Å²) >= 11 is 0. The Morgan fingerprint density at radius 2 is 1.00 bits per heavy atom. The van der Waals surface area contributed by atoms with Gasteiger partial charge in [-0.25, -0.2) is 0 Å². The summed E-state index contributed by atoms with van der Waals surface area (Å²) in [5, 5.41) is 0. The van der Waals surface area contributed by atoms with Gasteiger partial charge in [-0.2, -0.15) is 0 Å². The van der Waals surface area contributed by atoms with Crippen molar-refractivity contribution in [3.05, 3.63) is 0 Å². The Hall–Kier alpha value is -1.06. The highest BCUT2D eigenvalue weighted by Crippen LogP contribution is 2.31. The summed E-state index contributed by atoms with van der Waals surface area (Å²) in [5.74, 6) is 1.10. The molecule has 0 spiro atoms. The zero-order chi connectivity index (χ0) is 23.6. The third-order valence-corrected chi connectivity index (χ3v) is 6.68. The predicted molar refractivity (Wildman–Crippen MR) is 132 cm³/mol. The quantitative estimate of drug-likeness (QED) is 0.157. The van der Waals surface area contributed by atoms with E-state index in [-0.39, 0.29) is 23.8 Å². The van der Waals surface area contributed by atoms with Crippen LogP contribution in [0.1, 0.15) is 130 Å². The van der Waals surface area contributed by atoms with Crippen LogP contribution < -0.4 is 0 Å². The minimum atomic E-state index is -0.131. The second-order valence-corrected chi connectivity index (χ2v) is 10.8. The van der Waals surface area contributed by atoms with Crippen LogP contribution >= 0.6 is 0 Å². The third kappa shape index (κ3) is 14.9. The van der Waals surface area contributed by atoms with Gasteiger partial charge in [0, 0.05) is 0 Å². The average Bonchev–Trinajstić information content (AvgIpc) is 2.76. The summed E-state index contributed by atoms with van der Waals surface area (Å²) in [7, 11) is 0. The summed E-state index contributed by atoms with van der Waals surface area (Å²) in [6.07, 6.45) is 17.5. The number of rotatable bonds is 18. The van der Waals surface area contributed by atoms with Crippen LogP contribution in [0, 0.1) is 23.7 Å². The lowest BCUT2D eigenvalue weighted by molar-refractivity contribution is -0.155. The highest BCUT2D eigenvalue weighted by Gasteiger charge is 2.32. The predicted octanol–water partition coefficient (Wildman–Crippen LogP) is 7.87. The molecule has 1 aliphatic carbocycles. The average molecular weight is 453 g/mol. The van der Waals surface area contributed by atoms with E-state index in [1.165, 1.54) is 51.4 Å². The van der Waals surface area contributed by atoms with Crippen LogP contribution in [-0.4, -0.2) is 25.2 Å². The number of carbonyl (C=O) groups excluding carboxylic acids is 2. The van der Waals surface area contributed by atoms with Crippen molar-refractivity contribution >= 4 is 11.9 Å². The molecule has 0 saturated heterocycles. The molecule has 0 aliphatic heterocycles. The van der Waals surface area contributed by atoms with Gasteiger partial charge < -0.3 is 9.47 Å². The fraction of sp³-hybridized carbons (Fsp3) is 0.929. The van der Waals surface area contributed by atoms with Gasteiger partial charge in [-0.1, -0.05) is 98.3 Å². The van der Waals surface area contributed by atoms with E-state index in [1.54, 1.807) is 0 Å². The molecule has 0 amide bonds. The molecule has 32 heavy (non-hydrogen) atoms. The molecule has 0 bridgehead atoms. The zero-order valence-corrected chi connectivity index (χ0v) is 21.7. The molecule has 2 unspecified atom stereocenters. The molecule has 0 radical (unpaired) electrons. The Bertz CT molecular complexity index is 444. The van der Waals surface area contributed by atoms with Crippen molar-refractivity contribution in [2.45, 2.75) is 130 Å². The molecule has 1 fully saturated rings. The Morgan fingerprint density at radius 3 is 1.41 bits per heavy atom. The van der Waals surface area contributed by atoms with Crippen LogP contribution in [0.25, 0.3) is 0 Å². The first-order valence-corrected chi connectivity index (χ1v) is 13.7. The number of hydrogen-bond donors (Lipinski definition) is 0. The highest BCUT2D eigenvalue weighted by molar-refractivity contribution is 5.76. The molecule has 1 aliphatic rings. The van der Waals surface area contributed by atoms with Crippen molar-refractivity contribution < 1.29 is 19.1 Å². The maximum Gasteiger partial charge on any atom is 0.308 e. The SMILES string of the molecule is CC(C)CCCCCCCOC(=O)C1CCCC(C(=O)OCCCCCCCC(C)C)C1. The minimum Gasteiger partial charge on any atom is -0.465 e. The Morgan fingerprint density at radius 1 is 0.625 bits per heavy atom. The summed E-state index contributed by atoms with van der Waals surface area (Å²) in [5.41, 5.74) is 0. The van der Waals surface area contributed by atoms with Crippen LogP contribution in [0.4, 0.5) is 0 Å². The summed E-state index contributed by atoms with van der Waals surface area (Å²) in [6.45, 7) is 10.1. The first-order chi connectivity index (χ1) is 15.4. The van der Waals surface area contributed by atoms with E-state index in [0.717, 1.165) is 56.8 Å². The normalized spacial score (nSPS) is 18.8. The lowest BCUT2D eigenvalue weighted by Crippen LogP contribution is -2.30. The molecule has 188 valence electrons. The highest BCUT2D eigenvalue weighted by atomic mass is 16.5. The van der Waals surface area contributed by atoms with Crippen LogP contribution in [0.5, 0.6) is 0 Å². The Labute approximate surface area is 198 Å². The number of unbranched alkanes of at least 4 members (excludes halogenated alkanes) is 8. The zero-order valence-electron chi connectivity index (χ0n) is 21.7. The van der Waals surface area contributed by atoms with Crippen molar-refractivity contribution in [2.24, 2.45) is 23.7 Å². The number of hydrogen-bond acceptors (Lipinski definition) is 4. The Balaban J connectivity index is 2.08. The summed E-state index contributed by atoms with van der Waals surface area (Å²) in [6, 6.07) is 0. The van der Waals surface area contributed by atoms with E-state index in [4.69, 9.17) is 9.47 Å². The topological polar surface area (TPSA) is 52.6 Å². The monoisotopic (exact) mass is 452 g/mol. The maximum atomic E-state index is 12.4. The Kier molecular flexibility index (Phi) is 16.6. The van der Waals surface area contributed by atoms with Crippen LogP contribution in [0.3, 0.4) is 0 Å². The van der Waals surface area contributed by atoms with Gasteiger partial charge in [0.1, 0.15) is 0 Å². The van der Waals surface area contributed by atoms with Gasteiger partial charge >= 0.3 is 11.9 Å². The molecule has 0 aromatic heterocycles. The summed E-state index contributed by atoms with van der Waals surface area (Å²) < 4.78 is 11.0. The molecule has 0 aromatic rings. The standard InChI is InChI=1S/C28H52O4/c1-23(2)16-11-7-5-9-13-20-31-27(29)25-18-15-19-26(22-25)28(30)32-21-14-10-6-8-12-17-24(3)4/h23-26H,5-22H2,1-4H3. The number of ether oxygens (including phenoxy) is 2. The van der Waals surface area contributed by atoms with Crippen molar-refractivity contribution in [2.75, 3.05) is 13.2 Å². The van der Waals surface area contributed by atoms with Crippen molar-refractivity contribution in [3.8, 4) is 0 Å². The van der Waals surface area contributed by atoms with E-state index < -0.39 is 0 Å². The van der Waals surface area contributed by atoms with E-state index in [1.807, 2.05) is 0 Å². The molecule has 1 rings (SSSR count). The molecule has 1 saturated carbocycles. The molecule has 0 heterocycles. The van der Waals surface area contributed by atoms with Crippen LogP contribution in [0.2, 0.25) is 0 Å².